The number of benzene rings is 1. The molecule has 1 aromatic rings. The fourth-order valence-electron chi connectivity index (χ4n) is 2.40. The number of rotatable bonds is 4. The van der Waals surface area contributed by atoms with Crippen LogP contribution in [0.25, 0.3) is 0 Å². The predicted molar refractivity (Wildman–Crippen MR) is 79.8 cm³/mol. The molecule has 0 atom stereocenters. The fraction of sp³-hybridized carbons (Fsp3) is 0.571. The molecule has 1 saturated carbocycles. The third-order valence-corrected chi connectivity index (χ3v) is 4.70. The van der Waals surface area contributed by atoms with Crippen molar-refractivity contribution >= 4 is 34.8 Å². The van der Waals surface area contributed by atoms with Gasteiger partial charge in [0.15, 0.2) is 0 Å². The average molecular weight is 307 g/mol. The Balaban J connectivity index is 1.73. The highest BCUT2D eigenvalue weighted by molar-refractivity contribution is 6.42. The Morgan fingerprint density at radius 3 is 2.44 bits per heavy atom. The Morgan fingerprint density at radius 2 is 1.78 bits per heavy atom. The highest BCUT2D eigenvalue weighted by Gasteiger charge is 2.18. The van der Waals surface area contributed by atoms with Crippen molar-refractivity contribution in [3.8, 4) is 0 Å². The Kier molecular flexibility index (Phi) is 5.62. The van der Waals surface area contributed by atoms with E-state index < -0.39 is 0 Å². The van der Waals surface area contributed by atoms with Gasteiger partial charge in [0, 0.05) is 11.9 Å². The van der Waals surface area contributed by atoms with Crippen molar-refractivity contribution in [2.45, 2.75) is 37.6 Å². The highest BCUT2D eigenvalue weighted by atomic mass is 35.5. The summed E-state index contributed by atoms with van der Waals surface area (Å²) in [5.74, 6) is 0.766. The van der Waals surface area contributed by atoms with Crippen LogP contribution in [0, 0.1) is 5.92 Å². The molecular formula is C14H18Cl3N. The Bertz CT molecular complexity index is 387. The first kappa shape index (κ1) is 14.5. The number of hydrogen-bond acceptors (Lipinski definition) is 1. The van der Waals surface area contributed by atoms with Gasteiger partial charge in [0.25, 0.3) is 0 Å². The maximum Gasteiger partial charge on any atom is 0.0595 e. The molecule has 0 aliphatic heterocycles. The third kappa shape index (κ3) is 4.31. The van der Waals surface area contributed by atoms with Crippen molar-refractivity contribution in [2.75, 3.05) is 6.54 Å². The minimum absolute atomic E-state index is 0.399. The predicted octanol–water partition coefficient (Wildman–Crippen LogP) is 4.88. The zero-order chi connectivity index (χ0) is 13.0. The molecule has 0 saturated heterocycles. The summed E-state index contributed by atoms with van der Waals surface area (Å²) in [6.45, 7) is 1.90. The van der Waals surface area contributed by atoms with Gasteiger partial charge in [-0.25, -0.2) is 0 Å². The van der Waals surface area contributed by atoms with Crippen molar-refractivity contribution in [1.82, 2.24) is 5.32 Å². The first-order valence-corrected chi connectivity index (χ1v) is 7.63. The molecular weight excluding hydrogens is 289 g/mol. The minimum Gasteiger partial charge on any atom is -0.312 e. The monoisotopic (exact) mass is 305 g/mol. The second kappa shape index (κ2) is 7.00. The Morgan fingerprint density at radius 1 is 1.06 bits per heavy atom. The summed E-state index contributed by atoms with van der Waals surface area (Å²) in [7, 11) is 0. The molecule has 1 N–H and O–H groups in total. The van der Waals surface area contributed by atoms with Crippen LogP contribution in [-0.2, 0) is 6.54 Å². The van der Waals surface area contributed by atoms with Crippen LogP contribution in [0.1, 0.15) is 31.2 Å². The van der Waals surface area contributed by atoms with Gasteiger partial charge in [-0.3, -0.25) is 0 Å². The Labute approximate surface area is 124 Å². The van der Waals surface area contributed by atoms with Gasteiger partial charge in [-0.1, -0.05) is 29.3 Å². The van der Waals surface area contributed by atoms with Crippen molar-refractivity contribution < 1.29 is 0 Å². The quantitative estimate of drug-likeness (QED) is 0.782. The lowest BCUT2D eigenvalue weighted by Crippen LogP contribution is -2.26. The molecule has 0 radical (unpaired) electrons. The number of hydrogen-bond donors (Lipinski definition) is 1. The summed E-state index contributed by atoms with van der Waals surface area (Å²) < 4.78 is 0. The zero-order valence-electron chi connectivity index (χ0n) is 10.3. The van der Waals surface area contributed by atoms with E-state index in [1.54, 1.807) is 0 Å². The van der Waals surface area contributed by atoms with Crippen LogP contribution in [0.3, 0.4) is 0 Å². The second-order valence-electron chi connectivity index (χ2n) is 5.00. The van der Waals surface area contributed by atoms with Crippen LogP contribution < -0.4 is 5.32 Å². The molecule has 0 aromatic heterocycles. The summed E-state index contributed by atoms with van der Waals surface area (Å²) >= 11 is 18.0. The van der Waals surface area contributed by atoms with E-state index in [9.17, 15) is 0 Å². The van der Waals surface area contributed by atoms with Crippen LogP contribution in [0.15, 0.2) is 18.2 Å². The van der Waals surface area contributed by atoms with Gasteiger partial charge in [0.1, 0.15) is 0 Å². The van der Waals surface area contributed by atoms with E-state index in [4.69, 9.17) is 34.8 Å². The summed E-state index contributed by atoms with van der Waals surface area (Å²) in [5.41, 5.74) is 1.18. The molecule has 0 spiro atoms. The Hall–Kier alpha value is 0.0500. The standard InChI is InChI=1S/C14H18Cl3N/c15-12-4-1-10(2-5-12)8-18-9-11-3-6-13(16)14(17)7-11/h3,6-7,10,12,18H,1-2,4-5,8-9H2. The number of alkyl halides is 1. The van der Waals surface area contributed by atoms with Crippen molar-refractivity contribution in [2.24, 2.45) is 5.92 Å². The van der Waals surface area contributed by atoms with Gasteiger partial charge in [-0.15, -0.1) is 11.6 Å². The van der Waals surface area contributed by atoms with E-state index in [0.717, 1.165) is 31.8 Å². The molecule has 1 aliphatic carbocycles. The minimum atomic E-state index is 0.399. The summed E-state index contributed by atoms with van der Waals surface area (Å²) in [4.78, 5) is 0. The van der Waals surface area contributed by atoms with Crippen LogP contribution in [0.5, 0.6) is 0 Å². The molecule has 0 bridgehead atoms. The molecule has 2 rings (SSSR count). The van der Waals surface area contributed by atoms with Crippen LogP contribution in [0.2, 0.25) is 10.0 Å². The molecule has 100 valence electrons. The van der Waals surface area contributed by atoms with E-state index in [2.05, 4.69) is 5.32 Å². The van der Waals surface area contributed by atoms with Crippen LogP contribution in [0.4, 0.5) is 0 Å². The zero-order valence-corrected chi connectivity index (χ0v) is 12.5. The normalized spacial score (nSPS) is 24.2. The van der Waals surface area contributed by atoms with Crippen molar-refractivity contribution in [3.05, 3.63) is 33.8 Å². The maximum absolute atomic E-state index is 6.10. The van der Waals surface area contributed by atoms with Gasteiger partial charge in [-0.2, -0.15) is 0 Å². The van der Waals surface area contributed by atoms with E-state index in [1.165, 1.54) is 18.4 Å². The second-order valence-corrected chi connectivity index (χ2v) is 6.43. The van der Waals surface area contributed by atoms with E-state index >= 15 is 0 Å². The van der Waals surface area contributed by atoms with Gasteiger partial charge in [0.2, 0.25) is 0 Å². The van der Waals surface area contributed by atoms with E-state index in [1.807, 2.05) is 18.2 Å². The number of halogens is 3. The summed E-state index contributed by atoms with van der Waals surface area (Å²) in [6, 6.07) is 5.78. The van der Waals surface area contributed by atoms with Crippen molar-refractivity contribution in [3.63, 3.8) is 0 Å². The van der Waals surface area contributed by atoms with Gasteiger partial charge < -0.3 is 5.32 Å². The van der Waals surface area contributed by atoms with Crippen LogP contribution >= 0.6 is 34.8 Å². The van der Waals surface area contributed by atoms with E-state index in [0.29, 0.717) is 15.4 Å². The van der Waals surface area contributed by atoms with Crippen molar-refractivity contribution in [1.29, 1.82) is 0 Å². The lowest BCUT2D eigenvalue weighted by atomic mass is 9.89. The van der Waals surface area contributed by atoms with E-state index in [-0.39, 0.29) is 0 Å². The first-order valence-electron chi connectivity index (χ1n) is 6.44. The molecule has 0 unspecified atom stereocenters. The molecule has 1 aromatic carbocycles. The molecule has 1 aliphatic rings. The molecule has 1 nitrogen and oxygen atoms in total. The summed E-state index contributed by atoms with van der Waals surface area (Å²) in [5, 5.41) is 5.12. The maximum atomic E-state index is 6.10. The molecule has 0 amide bonds. The first-order chi connectivity index (χ1) is 8.65. The topological polar surface area (TPSA) is 12.0 Å². The molecule has 0 heterocycles. The molecule has 4 heteroatoms. The highest BCUT2D eigenvalue weighted by Crippen LogP contribution is 2.27. The summed E-state index contributed by atoms with van der Waals surface area (Å²) in [6.07, 6.45) is 4.78. The van der Waals surface area contributed by atoms with Gasteiger partial charge >= 0.3 is 0 Å². The smallest absolute Gasteiger partial charge is 0.0595 e. The fourth-order valence-corrected chi connectivity index (χ4v) is 2.97. The van der Waals surface area contributed by atoms with Gasteiger partial charge in [-0.05, 0) is 55.8 Å². The molecule has 18 heavy (non-hydrogen) atoms. The SMILES string of the molecule is Clc1ccc(CNCC2CCC(Cl)CC2)cc1Cl. The largest absolute Gasteiger partial charge is 0.312 e. The van der Waals surface area contributed by atoms with Crippen LogP contribution in [-0.4, -0.2) is 11.9 Å². The molecule has 1 fully saturated rings. The number of nitrogens with one attached hydrogen (secondary N) is 1. The lowest BCUT2D eigenvalue weighted by molar-refractivity contribution is 0.345. The van der Waals surface area contributed by atoms with Gasteiger partial charge in [0.05, 0.1) is 10.0 Å². The average Bonchev–Trinajstić information content (AvgIpc) is 2.36. The third-order valence-electron chi connectivity index (χ3n) is 3.52. The lowest BCUT2D eigenvalue weighted by Gasteiger charge is -2.25.